The molecule has 0 amide bonds. The number of non-ortho nitro benzene ring substituents is 1. The number of carboxylic acid groups (broad SMARTS) is 1. The quantitative estimate of drug-likeness (QED) is 0.496. The van der Waals surface area contributed by atoms with Gasteiger partial charge in [0.1, 0.15) is 0 Å². The minimum absolute atomic E-state index is 0.167. The fraction of sp³-hybridized carbons (Fsp3) is 0.353. The molecule has 1 aromatic carbocycles. The smallest absolute Gasteiger partial charge is 0.334 e. The molecular formula is C17H21N3O6S. The lowest BCUT2D eigenvalue weighted by Gasteiger charge is -2.30. The van der Waals surface area contributed by atoms with Crippen molar-refractivity contribution in [1.82, 2.24) is 10.0 Å². The molecule has 1 aliphatic heterocycles. The van der Waals surface area contributed by atoms with Gasteiger partial charge in [0.15, 0.2) is 0 Å². The molecule has 2 rings (SSSR count). The third kappa shape index (κ3) is 4.17. The summed E-state index contributed by atoms with van der Waals surface area (Å²) >= 11 is 0. The SMILES string of the molecule is CC1=C(C(=O)O)C(c2cccc([N+](=O)[O-])c2)C(S(=O)(=O)NC(C)C)=C(C)N1. The van der Waals surface area contributed by atoms with E-state index in [0.717, 1.165) is 0 Å². The third-order valence-electron chi connectivity index (χ3n) is 4.02. The Bertz CT molecular complexity index is 963. The molecule has 0 spiro atoms. The summed E-state index contributed by atoms with van der Waals surface area (Å²) in [5, 5.41) is 23.6. The first kappa shape index (κ1) is 20.6. The van der Waals surface area contributed by atoms with Gasteiger partial charge in [0.2, 0.25) is 10.0 Å². The lowest BCUT2D eigenvalue weighted by atomic mass is 9.86. The number of carboxylic acids is 1. The van der Waals surface area contributed by atoms with Crippen molar-refractivity contribution in [3.05, 3.63) is 61.8 Å². The zero-order valence-electron chi connectivity index (χ0n) is 15.3. The molecule has 0 saturated carbocycles. The third-order valence-corrected chi connectivity index (χ3v) is 5.93. The monoisotopic (exact) mass is 395 g/mol. The topological polar surface area (TPSA) is 139 Å². The van der Waals surface area contributed by atoms with Crippen LogP contribution in [0.5, 0.6) is 0 Å². The minimum atomic E-state index is -4.05. The minimum Gasteiger partial charge on any atom is -0.478 e. The molecule has 27 heavy (non-hydrogen) atoms. The molecular weight excluding hydrogens is 374 g/mol. The van der Waals surface area contributed by atoms with Crippen LogP contribution in [0.3, 0.4) is 0 Å². The van der Waals surface area contributed by atoms with Gasteiger partial charge in [0.25, 0.3) is 5.69 Å². The van der Waals surface area contributed by atoms with Crippen molar-refractivity contribution in [1.29, 1.82) is 0 Å². The Balaban J connectivity index is 2.78. The molecule has 0 aliphatic carbocycles. The van der Waals surface area contributed by atoms with Crippen LogP contribution in [-0.2, 0) is 14.8 Å². The molecule has 0 bridgehead atoms. The Hall–Kier alpha value is -2.72. The van der Waals surface area contributed by atoms with E-state index >= 15 is 0 Å². The Morgan fingerprint density at radius 1 is 1.30 bits per heavy atom. The van der Waals surface area contributed by atoms with Crippen molar-refractivity contribution in [3.63, 3.8) is 0 Å². The van der Waals surface area contributed by atoms with Gasteiger partial charge in [-0.2, -0.15) is 0 Å². The molecule has 0 aromatic heterocycles. The number of dihydropyridines is 1. The van der Waals surface area contributed by atoms with Crippen molar-refractivity contribution >= 4 is 21.7 Å². The number of nitro benzene ring substituents is 1. The average Bonchev–Trinajstić information content (AvgIpc) is 2.52. The maximum atomic E-state index is 12.9. The highest BCUT2D eigenvalue weighted by Gasteiger charge is 2.40. The first-order chi connectivity index (χ1) is 12.5. The first-order valence-corrected chi connectivity index (χ1v) is 9.62. The van der Waals surface area contributed by atoms with E-state index in [4.69, 9.17) is 0 Å². The number of nitrogens with zero attached hydrogens (tertiary/aromatic N) is 1. The summed E-state index contributed by atoms with van der Waals surface area (Å²) in [6, 6.07) is 4.93. The van der Waals surface area contributed by atoms with Crippen molar-refractivity contribution in [2.45, 2.75) is 39.7 Å². The number of sulfonamides is 1. The number of hydrogen-bond acceptors (Lipinski definition) is 6. The Morgan fingerprint density at radius 2 is 1.93 bits per heavy atom. The number of allylic oxidation sites excluding steroid dienone is 3. The van der Waals surface area contributed by atoms with Crippen LogP contribution in [0.25, 0.3) is 0 Å². The van der Waals surface area contributed by atoms with Crippen molar-refractivity contribution in [2.75, 3.05) is 0 Å². The molecule has 9 nitrogen and oxygen atoms in total. The Labute approximate surface area is 157 Å². The fourth-order valence-corrected chi connectivity index (χ4v) is 4.89. The number of nitrogens with one attached hydrogen (secondary N) is 2. The van der Waals surface area contributed by atoms with Gasteiger partial charge >= 0.3 is 5.97 Å². The van der Waals surface area contributed by atoms with Crippen LogP contribution in [0, 0.1) is 10.1 Å². The molecule has 10 heteroatoms. The predicted octanol–water partition coefficient (Wildman–Crippen LogP) is 2.20. The summed E-state index contributed by atoms with van der Waals surface area (Å²) in [6.45, 7) is 6.34. The normalized spacial score (nSPS) is 17.9. The number of rotatable bonds is 6. The lowest BCUT2D eigenvalue weighted by Crippen LogP contribution is -2.38. The van der Waals surface area contributed by atoms with Gasteiger partial charge in [0.05, 0.1) is 21.3 Å². The largest absolute Gasteiger partial charge is 0.478 e. The van der Waals surface area contributed by atoms with E-state index in [0.29, 0.717) is 0 Å². The van der Waals surface area contributed by atoms with Crippen molar-refractivity contribution < 1.29 is 23.2 Å². The summed E-state index contributed by atoms with van der Waals surface area (Å²) in [7, 11) is -4.05. The van der Waals surface area contributed by atoms with Gasteiger partial charge in [-0.25, -0.2) is 17.9 Å². The molecule has 1 unspecified atom stereocenters. The van der Waals surface area contributed by atoms with Gasteiger partial charge in [-0.1, -0.05) is 12.1 Å². The van der Waals surface area contributed by atoms with E-state index in [1.54, 1.807) is 13.8 Å². The highest BCUT2D eigenvalue weighted by molar-refractivity contribution is 7.93. The number of aliphatic carboxylic acids is 1. The van der Waals surface area contributed by atoms with E-state index in [2.05, 4.69) is 10.0 Å². The molecule has 1 atom stereocenters. The summed E-state index contributed by atoms with van der Waals surface area (Å²) in [5.41, 5.74) is 0.331. The number of hydrogen-bond donors (Lipinski definition) is 3. The number of nitro groups is 1. The summed E-state index contributed by atoms with van der Waals surface area (Å²) in [4.78, 5) is 22.2. The Morgan fingerprint density at radius 3 is 2.44 bits per heavy atom. The zero-order valence-corrected chi connectivity index (χ0v) is 16.1. The van der Waals surface area contributed by atoms with Crippen LogP contribution in [-0.4, -0.2) is 30.5 Å². The van der Waals surface area contributed by atoms with E-state index in [1.165, 1.54) is 38.1 Å². The van der Waals surface area contributed by atoms with Crippen LogP contribution < -0.4 is 10.0 Å². The lowest BCUT2D eigenvalue weighted by molar-refractivity contribution is -0.384. The van der Waals surface area contributed by atoms with Gasteiger partial charge in [0, 0.05) is 29.6 Å². The maximum Gasteiger partial charge on any atom is 0.334 e. The Kier molecular flexibility index (Phi) is 5.71. The van der Waals surface area contributed by atoms with Gasteiger partial charge in [-0.3, -0.25) is 10.1 Å². The summed E-state index contributed by atoms with van der Waals surface area (Å²) in [5.74, 6) is -2.49. The van der Waals surface area contributed by atoms with Gasteiger partial charge in [-0.15, -0.1) is 0 Å². The second kappa shape index (κ2) is 7.49. The van der Waals surface area contributed by atoms with Crippen molar-refractivity contribution in [3.8, 4) is 0 Å². The highest BCUT2D eigenvalue weighted by Crippen LogP contribution is 2.41. The second-order valence-corrected chi connectivity index (χ2v) is 8.20. The van der Waals surface area contributed by atoms with E-state index in [9.17, 15) is 28.4 Å². The molecule has 3 N–H and O–H groups in total. The molecule has 146 valence electrons. The standard InChI is InChI=1S/C17H21N3O6S/c1-9(2)19-27(25,26)16-11(4)18-10(3)14(17(21)22)15(16)12-6-5-7-13(8-12)20(23)24/h5-9,15,18-19H,1-4H3,(H,21,22). The van der Waals surface area contributed by atoms with E-state index in [-0.39, 0.29) is 33.1 Å². The fourth-order valence-electron chi connectivity index (χ4n) is 3.12. The van der Waals surface area contributed by atoms with E-state index < -0.39 is 32.9 Å². The van der Waals surface area contributed by atoms with Crippen LogP contribution in [0.15, 0.2) is 46.1 Å². The van der Waals surface area contributed by atoms with Gasteiger partial charge < -0.3 is 10.4 Å². The molecule has 1 heterocycles. The van der Waals surface area contributed by atoms with Crippen LogP contribution in [0.1, 0.15) is 39.2 Å². The predicted molar refractivity (Wildman–Crippen MR) is 99.2 cm³/mol. The van der Waals surface area contributed by atoms with Crippen LogP contribution >= 0.6 is 0 Å². The first-order valence-electron chi connectivity index (χ1n) is 8.14. The summed E-state index contributed by atoms with van der Waals surface area (Å²) < 4.78 is 28.3. The molecule has 0 fully saturated rings. The number of carbonyl (C=O) groups is 1. The molecule has 1 aromatic rings. The van der Waals surface area contributed by atoms with Crippen LogP contribution in [0.2, 0.25) is 0 Å². The molecule has 0 saturated heterocycles. The number of benzene rings is 1. The van der Waals surface area contributed by atoms with Gasteiger partial charge in [-0.05, 0) is 33.3 Å². The molecule has 1 aliphatic rings. The summed E-state index contributed by atoms with van der Waals surface area (Å²) in [6.07, 6.45) is 0. The molecule has 0 radical (unpaired) electrons. The maximum absolute atomic E-state index is 12.9. The highest BCUT2D eigenvalue weighted by atomic mass is 32.2. The van der Waals surface area contributed by atoms with Crippen molar-refractivity contribution in [2.24, 2.45) is 0 Å². The van der Waals surface area contributed by atoms with E-state index in [1.807, 2.05) is 0 Å². The zero-order chi connectivity index (χ0) is 20.5. The van der Waals surface area contributed by atoms with Crippen LogP contribution in [0.4, 0.5) is 5.69 Å². The average molecular weight is 395 g/mol. The second-order valence-electron chi connectivity index (χ2n) is 6.52.